The lowest BCUT2D eigenvalue weighted by molar-refractivity contribution is 0.943. The SMILES string of the molecule is CC1(Br)CC(Br)=CS1. The van der Waals surface area contributed by atoms with E-state index in [9.17, 15) is 0 Å². The van der Waals surface area contributed by atoms with Gasteiger partial charge in [0.1, 0.15) is 0 Å². The van der Waals surface area contributed by atoms with E-state index >= 15 is 0 Å². The molecule has 0 spiro atoms. The van der Waals surface area contributed by atoms with Crippen LogP contribution in [0.3, 0.4) is 0 Å². The van der Waals surface area contributed by atoms with Gasteiger partial charge in [0.25, 0.3) is 0 Å². The van der Waals surface area contributed by atoms with Gasteiger partial charge in [0.05, 0.1) is 3.66 Å². The van der Waals surface area contributed by atoms with Gasteiger partial charge in [0.15, 0.2) is 0 Å². The van der Waals surface area contributed by atoms with Gasteiger partial charge in [-0.25, -0.2) is 0 Å². The minimum atomic E-state index is 0.256. The second-order valence-electron chi connectivity index (χ2n) is 1.96. The van der Waals surface area contributed by atoms with Crippen molar-refractivity contribution in [2.75, 3.05) is 0 Å². The summed E-state index contributed by atoms with van der Waals surface area (Å²) in [5.74, 6) is 0. The minimum Gasteiger partial charge on any atom is -0.115 e. The van der Waals surface area contributed by atoms with Crippen LogP contribution in [0.15, 0.2) is 9.89 Å². The van der Waals surface area contributed by atoms with E-state index < -0.39 is 0 Å². The average Bonchev–Trinajstić information content (AvgIpc) is 1.82. The van der Waals surface area contributed by atoms with Crippen LogP contribution in [0.25, 0.3) is 0 Å². The summed E-state index contributed by atoms with van der Waals surface area (Å²) in [6.07, 6.45) is 1.09. The molecular formula is C5H6Br2S. The van der Waals surface area contributed by atoms with Crippen molar-refractivity contribution in [1.82, 2.24) is 0 Å². The summed E-state index contributed by atoms with van der Waals surface area (Å²) in [6, 6.07) is 0. The van der Waals surface area contributed by atoms with Crippen LogP contribution in [-0.2, 0) is 0 Å². The normalized spacial score (nSPS) is 37.6. The summed E-state index contributed by atoms with van der Waals surface area (Å²) >= 11 is 8.80. The number of thioether (sulfide) groups is 1. The summed E-state index contributed by atoms with van der Waals surface area (Å²) in [4.78, 5) is 0. The molecule has 0 aromatic carbocycles. The molecule has 1 aliphatic heterocycles. The van der Waals surface area contributed by atoms with Crippen LogP contribution in [0.2, 0.25) is 0 Å². The first kappa shape index (κ1) is 7.16. The monoisotopic (exact) mass is 256 g/mol. The summed E-state index contributed by atoms with van der Waals surface area (Å²) in [7, 11) is 0. The molecule has 0 N–H and O–H groups in total. The highest BCUT2D eigenvalue weighted by Crippen LogP contribution is 2.46. The summed E-state index contributed by atoms with van der Waals surface area (Å²) in [5.41, 5.74) is 0. The standard InChI is InChI=1S/C5H6Br2S/c1-5(7)2-4(6)3-8-5/h3H,2H2,1H3. The van der Waals surface area contributed by atoms with E-state index in [4.69, 9.17) is 0 Å². The lowest BCUT2D eigenvalue weighted by Gasteiger charge is -2.11. The molecule has 0 amide bonds. The van der Waals surface area contributed by atoms with Crippen molar-refractivity contribution < 1.29 is 0 Å². The van der Waals surface area contributed by atoms with E-state index in [1.807, 2.05) is 11.8 Å². The van der Waals surface area contributed by atoms with Crippen molar-refractivity contribution in [2.45, 2.75) is 17.0 Å². The zero-order valence-electron chi connectivity index (χ0n) is 4.45. The summed E-state index contributed by atoms with van der Waals surface area (Å²) in [6.45, 7) is 2.17. The fourth-order valence-corrected chi connectivity index (χ4v) is 3.25. The Labute approximate surface area is 70.4 Å². The van der Waals surface area contributed by atoms with Crippen LogP contribution in [0.1, 0.15) is 13.3 Å². The van der Waals surface area contributed by atoms with E-state index in [0.717, 1.165) is 6.42 Å². The van der Waals surface area contributed by atoms with E-state index in [2.05, 4.69) is 44.2 Å². The van der Waals surface area contributed by atoms with Crippen molar-refractivity contribution in [3.8, 4) is 0 Å². The Balaban J connectivity index is 2.55. The molecule has 0 aromatic rings. The highest BCUT2D eigenvalue weighted by Gasteiger charge is 2.25. The van der Waals surface area contributed by atoms with Gasteiger partial charge in [-0.1, -0.05) is 31.9 Å². The van der Waals surface area contributed by atoms with Gasteiger partial charge in [-0.2, -0.15) is 0 Å². The van der Waals surface area contributed by atoms with Crippen molar-refractivity contribution in [1.29, 1.82) is 0 Å². The molecule has 0 aromatic heterocycles. The minimum absolute atomic E-state index is 0.256. The van der Waals surface area contributed by atoms with Crippen molar-refractivity contribution >= 4 is 43.6 Å². The quantitative estimate of drug-likeness (QED) is 0.599. The average molecular weight is 258 g/mol. The van der Waals surface area contributed by atoms with Crippen LogP contribution < -0.4 is 0 Å². The van der Waals surface area contributed by atoms with E-state index in [1.54, 1.807) is 0 Å². The van der Waals surface area contributed by atoms with Crippen LogP contribution >= 0.6 is 43.6 Å². The fourth-order valence-electron chi connectivity index (χ4n) is 0.572. The van der Waals surface area contributed by atoms with Crippen molar-refractivity contribution in [3.63, 3.8) is 0 Å². The lowest BCUT2D eigenvalue weighted by Crippen LogP contribution is -2.02. The second kappa shape index (κ2) is 2.35. The molecule has 3 heteroatoms. The van der Waals surface area contributed by atoms with Gasteiger partial charge in [0.2, 0.25) is 0 Å². The zero-order chi connectivity index (χ0) is 6.20. The molecule has 1 atom stereocenters. The van der Waals surface area contributed by atoms with Crippen LogP contribution in [0.5, 0.6) is 0 Å². The largest absolute Gasteiger partial charge is 0.115 e. The second-order valence-corrected chi connectivity index (χ2v) is 6.63. The Bertz CT molecular complexity index is 128. The highest BCUT2D eigenvalue weighted by atomic mass is 79.9. The Morgan fingerprint density at radius 2 is 2.50 bits per heavy atom. The van der Waals surface area contributed by atoms with Crippen LogP contribution in [0, 0.1) is 0 Å². The van der Waals surface area contributed by atoms with Gasteiger partial charge in [-0.05, 0) is 12.3 Å². The predicted octanol–water partition coefficient (Wildman–Crippen LogP) is 3.47. The summed E-state index contributed by atoms with van der Waals surface area (Å²) < 4.78 is 1.55. The summed E-state index contributed by atoms with van der Waals surface area (Å²) in [5, 5.41) is 2.13. The first-order chi connectivity index (χ1) is 3.60. The zero-order valence-corrected chi connectivity index (χ0v) is 8.44. The van der Waals surface area contributed by atoms with E-state index in [1.165, 1.54) is 4.48 Å². The number of rotatable bonds is 0. The lowest BCUT2D eigenvalue weighted by atomic mass is 10.3. The smallest absolute Gasteiger partial charge is 0.0767 e. The molecule has 0 aliphatic carbocycles. The van der Waals surface area contributed by atoms with Gasteiger partial charge in [-0.3, -0.25) is 0 Å². The molecule has 0 nitrogen and oxygen atoms in total. The highest BCUT2D eigenvalue weighted by molar-refractivity contribution is 9.12. The van der Waals surface area contributed by atoms with E-state index in [0.29, 0.717) is 0 Å². The third kappa shape index (κ3) is 1.78. The van der Waals surface area contributed by atoms with Crippen molar-refractivity contribution in [3.05, 3.63) is 9.89 Å². The molecule has 0 radical (unpaired) electrons. The van der Waals surface area contributed by atoms with Gasteiger partial charge >= 0.3 is 0 Å². The molecule has 0 bridgehead atoms. The first-order valence-electron chi connectivity index (χ1n) is 2.31. The molecule has 0 fully saturated rings. The fraction of sp³-hybridized carbons (Fsp3) is 0.600. The molecule has 1 heterocycles. The Kier molecular flexibility index (Phi) is 2.10. The third-order valence-electron chi connectivity index (χ3n) is 0.917. The number of hydrogen-bond acceptors (Lipinski definition) is 1. The first-order valence-corrected chi connectivity index (χ1v) is 4.78. The molecule has 8 heavy (non-hydrogen) atoms. The van der Waals surface area contributed by atoms with Crippen LogP contribution in [-0.4, -0.2) is 3.66 Å². The maximum absolute atomic E-state index is 3.56. The number of hydrogen-bond donors (Lipinski definition) is 0. The number of allylic oxidation sites excluding steroid dienone is 1. The molecule has 1 aliphatic rings. The molecule has 46 valence electrons. The maximum atomic E-state index is 3.56. The Morgan fingerprint density at radius 3 is 2.62 bits per heavy atom. The van der Waals surface area contributed by atoms with E-state index in [-0.39, 0.29) is 3.66 Å². The van der Waals surface area contributed by atoms with Crippen molar-refractivity contribution in [2.24, 2.45) is 0 Å². The maximum Gasteiger partial charge on any atom is 0.0767 e. The number of halogens is 2. The Morgan fingerprint density at radius 1 is 1.88 bits per heavy atom. The molecule has 1 unspecified atom stereocenters. The molecule has 0 saturated heterocycles. The topological polar surface area (TPSA) is 0 Å². The van der Waals surface area contributed by atoms with Gasteiger partial charge < -0.3 is 0 Å². The Hall–Kier alpha value is 1.05. The molecule has 1 rings (SSSR count). The third-order valence-corrected chi connectivity index (χ3v) is 3.61. The van der Waals surface area contributed by atoms with Gasteiger partial charge in [0, 0.05) is 10.9 Å². The van der Waals surface area contributed by atoms with Gasteiger partial charge in [-0.15, -0.1) is 11.8 Å². The predicted molar refractivity (Wildman–Crippen MR) is 46.6 cm³/mol. The molecule has 0 saturated carbocycles. The molecular weight excluding hydrogens is 252 g/mol. The van der Waals surface area contributed by atoms with Crippen LogP contribution in [0.4, 0.5) is 0 Å². The number of alkyl halides is 1.